The Morgan fingerprint density at radius 2 is 1.83 bits per heavy atom. The number of carboxylic acid groups (broad SMARTS) is 1. The van der Waals surface area contributed by atoms with Gasteiger partial charge in [0, 0.05) is 23.5 Å². The second-order valence-corrected chi connectivity index (χ2v) is 5.95. The van der Waals surface area contributed by atoms with Crippen molar-refractivity contribution < 1.29 is 9.90 Å². The van der Waals surface area contributed by atoms with Gasteiger partial charge in [-0.25, -0.2) is 19.4 Å². The zero-order valence-electron chi connectivity index (χ0n) is 13.8. The number of hydrogen-bond donors (Lipinski definition) is 1. The highest BCUT2D eigenvalue weighted by Gasteiger charge is 2.13. The predicted molar refractivity (Wildman–Crippen MR) is 90.4 cm³/mol. The maximum absolute atomic E-state index is 11.0. The zero-order valence-corrected chi connectivity index (χ0v) is 13.8. The van der Waals surface area contributed by atoms with Crippen LogP contribution in [0.4, 0.5) is 0 Å². The van der Waals surface area contributed by atoms with Gasteiger partial charge in [0.2, 0.25) is 0 Å². The van der Waals surface area contributed by atoms with E-state index in [1.54, 1.807) is 6.20 Å². The summed E-state index contributed by atoms with van der Waals surface area (Å²) >= 11 is 0. The third-order valence-electron chi connectivity index (χ3n) is 3.68. The van der Waals surface area contributed by atoms with E-state index in [1.165, 1.54) is 10.7 Å². The van der Waals surface area contributed by atoms with E-state index in [1.807, 2.05) is 37.3 Å². The molecule has 0 saturated carbocycles. The Balaban J connectivity index is 2.11. The Morgan fingerprint density at radius 3 is 2.42 bits per heavy atom. The summed E-state index contributed by atoms with van der Waals surface area (Å²) in [4.78, 5) is 20.2. The van der Waals surface area contributed by atoms with Gasteiger partial charge in [0.05, 0.1) is 0 Å². The molecule has 1 aromatic carbocycles. The van der Waals surface area contributed by atoms with E-state index < -0.39 is 5.97 Å². The van der Waals surface area contributed by atoms with Crippen molar-refractivity contribution in [3.8, 4) is 17.2 Å². The van der Waals surface area contributed by atoms with E-state index in [0.717, 1.165) is 16.8 Å². The molecule has 0 spiro atoms. The molecule has 0 atom stereocenters. The van der Waals surface area contributed by atoms with Crippen LogP contribution in [0.2, 0.25) is 0 Å². The van der Waals surface area contributed by atoms with Crippen LogP contribution in [0.3, 0.4) is 0 Å². The highest BCUT2D eigenvalue weighted by atomic mass is 16.4. The minimum absolute atomic E-state index is 0.0170. The first-order chi connectivity index (χ1) is 11.4. The number of carboxylic acids is 1. The van der Waals surface area contributed by atoms with E-state index >= 15 is 0 Å². The molecule has 2 heterocycles. The number of benzene rings is 1. The van der Waals surface area contributed by atoms with Crippen molar-refractivity contribution in [2.45, 2.75) is 26.7 Å². The molecule has 0 radical (unpaired) electrons. The third kappa shape index (κ3) is 3.17. The van der Waals surface area contributed by atoms with Gasteiger partial charge in [-0.3, -0.25) is 0 Å². The van der Waals surface area contributed by atoms with Crippen molar-refractivity contribution in [2.75, 3.05) is 0 Å². The minimum Gasteiger partial charge on any atom is -0.476 e. The smallest absolute Gasteiger partial charge is 0.356 e. The molecular weight excluding hydrogens is 304 g/mol. The van der Waals surface area contributed by atoms with Crippen LogP contribution in [0.15, 0.2) is 42.6 Å². The number of aryl methyl sites for hydroxylation is 1. The SMILES string of the molecule is Cc1ccc(-c2nc(C(C)C)cc(-n3ccc(C(=O)O)n3)n2)cc1. The van der Waals surface area contributed by atoms with E-state index in [2.05, 4.69) is 28.9 Å². The molecule has 0 fully saturated rings. The standard InChI is InChI=1S/C18H18N4O2/c1-11(2)15-10-16(22-9-8-14(21-22)18(23)24)20-17(19-15)13-6-4-12(3)5-7-13/h4-11H,1-3H3,(H,23,24). The molecule has 0 aliphatic heterocycles. The maximum Gasteiger partial charge on any atom is 0.356 e. The number of nitrogens with zero attached hydrogens (tertiary/aromatic N) is 4. The van der Waals surface area contributed by atoms with Gasteiger partial charge in [-0.15, -0.1) is 0 Å². The molecule has 0 bridgehead atoms. The molecule has 0 aliphatic rings. The Morgan fingerprint density at radius 1 is 1.12 bits per heavy atom. The highest BCUT2D eigenvalue weighted by Crippen LogP contribution is 2.21. The zero-order chi connectivity index (χ0) is 17.3. The van der Waals surface area contributed by atoms with Crippen LogP contribution in [0.1, 0.15) is 41.5 Å². The van der Waals surface area contributed by atoms with Crippen LogP contribution < -0.4 is 0 Å². The van der Waals surface area contributed by atoms with Crippen LogP contribution in [0, 0.1) is 6.92 Å². The van der Waals surface area contributed by atoms with Gasteiger partial charge in [0.1, 0.15) is 0 Å². The van der Waals surface area contributed by atoms with Crippen molar-refractivity contribution >= 4 is 5.97 Å². The molecule has 6 heteroatoms. The van der Waals surface area contributed by atoms with Crippen LogP contribution >= 0.6 is 0 Å². The van der Waals surface area contributed by atoms with Gasteiger partial charge in [0.15, 0.2) is 17.3 Å². The summed E-state index contributed by atoms with van der Waals surface area (Å²) in [5.74, 6) is 0.302. The van der Waals surface area contributed by atoms with Gasteiger partial charge in [0.25, 0.3) is 0 Å². The van der Waals surface area contributed by atoms with E-state index in [9.17, 15) is 4.79 Å². The molecule has 3 rings (SSSR count). The lowest BCUT2D eigenvalue weighted by molar-refractivity contribution is 0.0690. The molecule has 0 saturated heterocycles. The summed E-state index contributed by atoms with van der Waals surface area (Å²) in [6.45, 7) is 6.13. The van der Waals surface area contributed by atoms with Crippen molar-refractivity contribution in [1.29, 1.82) is 0 Å². The van der Waals surface area contributed by atoms with Crippen molar-refractivity contribution in [1.82, 2.24) is 19.7 Å². The van der Waals surface area contributed by atoms with Gasteiger partial charge >= 0.3 is 5.97 Å². The summed E-state index contributed by atoms with van der Waals surface area (Å²) in [5.41, 5.74) is 2.94. The summed E-state index contributed by atoms with van der Waals surface area (Å²) in [6.07, 6.45) is 1.59. The summed E-state index contributed by atoms with van der Waals surface area (Å²) in [5, 5.41) is 13.1. The van der Waals surface area contributed by atoms with Crippen LogP contribution in [0.5, 0.6) is 0 Å². The lowest BCUT2D eigenvalue weighted by Gasteiger charge is -2.10. The number of hydrogen-bond acceptors (Lipinski definition) is 4. The number of carbonyl (C=O) groups is 1. The normalized spacial score (nSPS) is 11.0. The van der Waals surface area contributed by atoms with Gasteiger partial charge in [-0.2, -0.15) is 5.10 Å². The summed E-state index contributed by atoms with van der Waals surface area (Å²) < 4.78 is 1.47. The number of rotatable bonds is 4. The Hall–Kier alpha value is -3.02. The molecule has 0 aliphatic carbocycles. The second kappa shape index (κ2) is 6.23. The lowest BCUT2D eigenvalue weighted by Crippen LogP contribution is -2.06. The molecule has 0 amide bonds. The first-order valence-electron chi connectivity index (χ1n) is 7.69. The average molecular weight is 322 g/mol. The van der Waals surface area contributed by atoms with Crippen LogP contribution in [0.25, 0.3) is 17.2 Å². The topological polar surface area (TPSA) is 80.9 Å². The molecule has 24 heavy (non-hydrogen) atoms. The third-order valence-corrected chi connectivity index (χ3v) is 3.68. The average Bonchev–Trinajstić information content (AvgIpc) is 3.05. The molecule has 1 N–H and O–H groups in total. The molecule has 0 unspecified atom stereocenters. The molecule has 2 aromatic heterocycles. The predicted octanol–water partition coefficient (Wildman–Crippen LogP) is 3.46. The molecule has 3 aromatic rings. The number of aromatic carboxylic acids is 1. The fraction of sp³-hybridized carbons (Fsp3) is 0.222. The lowest BCUT2D eigenvalue weighted by atomic mass is 10.1. The van der Waals surface area contributed by atoms with Gasteiger partial charge in [-0.05, 0) is 18.9 Å². The van der Waals surface area contributed by atoms with E-state index in [4.69, 9.17) is 5.11 Å². The van der Waals surface area contributed by atoms with E-state index in [-0.39, 0.29) is 11.6 Å². The quantitative estimate of drug-likeness (QED) is 0.795. The monoisotopic (exact) mass is 322 g/mol. The Bertz CT molecular complexity index is 882. The highest BCUT2D eigenvalue weighted by molar-refractivity contribution is 5.85. The Kier molecular flexibility index (Phi) is 4.12. The molecule has 122 valence electrons. The fourth-order valence-corrected chi connectivity index (χ4v) is 2.26. The second-order valence-electron chi connectivity index (χ2n) is 5.95. The summed E-state index contributed by atoms with van der Waals surface area (Å²) in [6, 6.07) is 11.3. The Labute approximate surface area is 139 Å². The van der Waals surface area contributed by atoms with Crippen molar-refractivity contribution in [2.24, 2.45) is 0 Å². The van der Waals surface area contributed by atoms with Crippen molar-refractivity contribution in [3.63, 3.8) is 0 Å². The first kappa shape index (κ1) is 15.9. The first-order valence-corrected chi connectivity index (χ1v) is 7.69. The molecule has 6 nitrogen and oxygen atoms in total. The van der Waals surface area contributed by atoms with Gasteiger partial charge in [-0.1, -0.05) is 43.7 Å². The maximum atomic E-state index is 11.0. The fourth-order valence-electron chi connectivity index (χ4n) is 2.26. The van der Waals surface area contributed by atoms with Crippen molar-refractivity contribution in [3.05, 3.63) is 59.5 Å². The van der Waals surface area contributed by atoms with Crippen LogP contribution in [-0.4, -0.2) is 30.8 Å². The van der Waals surface area contributed by atoms with E-state index in [0.29, 0.717) is 11.6 Å². The van der Waals surface area contributed by atoms with Crippen LogP contribution in [-0.2, 0) is 0 Å². The summed E-state index contributed by atoms with van der Waals surface area (Å²) in [7, 11) is 0. The largest absolute Gasteiger partial charge is 0.476 e. The van der Waals surface area contributed by atoms with Gasteiger partial charge < -0.3 is 5.11 Å². The molecular formula is C18H18N4O2. The number of aromatic nitrogens is 4. The minimum atomic E-state index is -1.06.